The maximum atomic E-state index is 11.4. The van der Waals surface area contributed by atoms with Crippen molar-refractivity contribution in [2.24, 2.45) is 5.92 Å². The molecule has 0 saturated heterocycles. The van der Waals surface area contributed by atoms with Crippen molar-refractivity contribution >= 4 is 5.78 Å². The number of Topliss-reactive ketones (excluding diaryl/α,β-unsaturated/α-hetero) is 1. The van der Waals surface area contributed by atoms with Crippen LogP contribution >= 0.6 is 0 Å². The van der Waals surface area contributed by atoms with Crippen LogP contribution in [0.2, 0.25) is 0 Å². The Morgan fingerprint density at radius 3 is 3.00 bits per heavy atom. The molecule has 1 saturated carbocycles. The van der Waals surface area contributed by atoms with Gasteiger partial charge < -0.3 is 4.98 Å². The summed E-state index contributed by atoms with van der Waals surface area (Å²) in [6, 6.07) is 0. The zero-order chi connectivity index (χ0) is 8.39. The fourth-order valence-corrected chi connectivity index (χ4v) is 1.43. The van der Waals surface area contributed by atoms with Crippen molar-refractivity contribution in [1.82, 2.24) is 9.97 Å². The fourth-order valence-electron chi connectivity index (χ4n) is 1.43. The molecule has 1 N–H and O–H groups in total. The number of imidazole rings is 1. The smallest absolute Gasteiger partial charge is 0.143 e. The first-order valence-corrected chi connectivity index (χ1v) is 4.37. The Bertz CT molecular complexity index is 262. The van der Waals surface area contributed by atoms with Gasteiger partial charge in [-0.3, -0.25) is 4.79 Å². The number of aromatic nitrogens is 2. The van der Waals surface area contributed by atoms with Gasteiger partial charge >= 0.3 is 0 Å². The molecule has 0 bridgehead atoms. The second-order valence-electron chi connectivity index (χ2n) is 3.31. The summed E-state index contributed by atoms with van der Waals surface area (Å²) in [5.74, 6) is 1.47. The maximum absolute atomic E-state index is 11.4. The number of hydrogen-bond acceptors (Lipinski definition) is 2. The Morgan fingerprint density at radius 1 is 1.67 bits per heavy atom. The number of hydrogen-bond donors (Lipinski definition) is 1. The van der Waals surface area contributed by atoms with E-state index in [2.05, 4.69) is 9.97 Å². The molecule has 1 aromatic rings. The first kappa shape index (κ1) is 7.53. The van der Waals surface area contributed by atoms with E-state index in [1.807, 2.05) is 0 Å². The van der Waals surface area contributed by atoms with Crippen LogP contribution in [0.1, 0.15) is 25.1 Å². The van der Waals surface area contributed by atoms with E-state index >= 15 is 0 Å². The highest BCUT2D eigenvalue weighted by molar-refractivity contribution is 5.83. The number of aromatic amines is 1. The summed E-state index contributed by atoms with van der Waals surface area (Å²) in [7, 11) is 0. The van der Waals surface area contributed by atoms with Crippen LogP contribution in [-0.2, 0) is 11.2 Å². The molecular formula is C9H12N2O. The van der Waals surface area contributed by atoms with Gasteiger partial charge in [0.2, 0.25) is 0 Å². The fraction of sp³-hybridized carbons (Fsp3) is 0.556. The summed E-state index contributed by atoms with van der Waals surface area (Å²) >= 11 is 0. The van der Waals surface area contributed by atoms with Crippen LogP contribution in [0, 0.1) is 5.92 Å². The number of carbonyl (C=O) groups excluding carboxylic acids is 1. The lowest BCUT2D eigenvalue weighted by molar-refractivity contribution is -0.124. The Kier molecular flexibility index (Phi) is 1.94. The summed E-state index contributed by atoms with van der Waals surface area (Å²) in [4.78, 5) is 18.4. The van der Waals surface area contributed by atoms with Gasteiger partial charge in [-0.1, -0.05) is 6.42 Å². The van der Waals surface area contributed by atoms with Gasteiger partial charge in [-0.15, -0.1) is 0 Å². The van der Waals surface area contributed by atoms with Crippen molar-refractivity contribution in [2.45, 2.75) is 25.7 Å². The summed E-state index contributed by atoms with van der Waals surface area (Å²) in [5.41, 5.74) is 0. The second-order valence-corrected chi connectivity index (χ2v) is 3.31. The van der Waals surface area contributed by atoms with E-state index in [0.29, 0.717) is 18.1 Å². The molecule has 2 rings (SSSR count). The second kappa shape index (κ2) is 3.09. The quantitative estimate of drug-likeness (QED) is 0.732. The molecule has 64 valence electrons. The summed E-state index contributed by atoms with van der Waals surface area (Å²) in [6.07, 6.45) is 7.30. The minimum atomic E-state index is 0.329. The van der Waals surface area contributed by atoms with Gasteiger partial charge in [0.05, 0.1) is 6.42 Å². The molecule has 1 heterocycles. The van der Waals surface area contributed by atoms with E-state index in [1.54, 1.807) is 12.4 Å². The molecule has 1 fully saturated rings. The predicted octanol–water partition coefficient (Wildman–Crippen LogP) is 1.32. The molecule has 0 spiro atoms. The molecule has 1 aromatic heterocycles. The SMILES string of the molecule is O=C(Cc1ncc[nH]1)C1CCC1. The van der Waals surface area contributed by atoms with Crippen molar-refractivity contribution in [3.05, 3.63) is 18.2 Å². The lowest BCUT2D eigenvalue weighted by Crippen LogP contribution is -2.23. The highest BCUT2D eigenvalue weighted by atomic mass is 16.1. The summed E-state index contributed by atoms with van der Waals surface area (Å²) in [6.45, 7) is 0. The normalized spacial score (nSPS) is 17.3. The Morgan fingerprint density at radius 2 is 2.50 bits per heavy atom. The number of nitrogens with one attached hydrogen (secondary N) is 1. The summed E-state index contributed by atoms with van der Waals surface area (Å²) in [5, 5.41) is 0. The highest BCUT2D eigenvalue weighted by Gasteiger charge is 2.25. The molecule has 0 aromatic carbocycles. The van der Waals surface area contributed by atoms with Crippen LogP contribution in [0.25, 0.3) is 0 Å². The number of rotatable bonds is 3. The topological polar surface area (TPSA) is 45.8 Å². The molecule has 0 atom stereocenters. The average molecular weight is 164 g/mol. The molecule has 12 heavy (non-hydrogen) atoms. The standard InChI is InChI=1S/C9H12N2O/c12-8(7-2-1-3-7)6-9-10-4-5-11-9/h4-5,7H,1-3,6H2,(H,10,11). The highest BCUT2D eigenvalue weighted by Crippen LogP contribution is 2.27. The van der Waals surface area contributed by atoms with Gasteiger partial charge in [0, 0.05) is 18.3 Å². The molecule has 3 nitrogen and oxygen atoms in total. The zero-order valence-electron chi connectivity index (χ0n) is 6.92. The van der Waals surface area contributed by atoms with E-state index in [9.17, 15) is 4.79 Å². The average Bonchev–Trinajstić information content (AvgIpc) is 2.34. The van der Waals surface area contributed by atoms with Gasteiger partial charge in [-0.2, -0.15) is 0 Å². The molecule has 0 aliphatic heterocycles. The third-order valence-corrected chi connectivity index (χ3v) is 2.46. The number of H-pyrrole nitrogens is 1. The van der Waals surface area contributed by atoms with E-state index < -0.39 is 0 Å². The van der Waals surface area contributed by atoms with Gasteiger partial charge in [0.1, 0.15) is 11.6 Å². The van der Waals surface area contributed by atoms with Crippen molar-refractivity contribution in [2.75, 3.05) is 0 Å². The van der Waals surface area contributed by atoms with Gasteiger partial charge in [0.25, 0.3) is 0 Å². The van der Waals surface area contributed by atoms with Crippen LogP contribution in [0.3, 0.4) is 0 Å². The number of nitrogens with zero attached hydrogens (tertiary/aromatic N) is 1. The van der Waals surface area contributed by atoms with Crippen molar-refractivity contribution in [1.29, 1.82) is 0 Å². The minimum absolute atomic E-state index is 0.329. The van der Waals surface area contributed by atoms with Gasteiger partial charge in [-0.25, -0.2) is 4.98 Å². The van der Waals surface area contributed by atoms with Gasteiger partial charge in [0.15, 0.2) is 0 Å². The van der Waals surface area contributed by atoms with E-state index in [4.69, 9.17) is 0 Å². The molecular weight excluding hydrogens is 152 g/mol. The predicted molar refractivity (Wildman–Crippen MR) is 44.6 cm³/mol. The van der Waals surface area contributed by atoms with Crippen molar-refractivity contribution in [3.63, 3.8) is 0 Å². The van der Waals surface area contributed by atoms with E-state index in [0.717, 1.165) is 18.7 Å². The first-order valence-electron chi connectivity index (χ1n) is 4.37. The third kappa shape index (κ3) is 1.40. The largest absolute Gasteiger partial charge is 0.348 e. The Balaban J connectivity index is 1.90. The van der Waals surface area contributed by atoms with Crippen LogP contribution in [0.4, 0.5) is 0 Å². The molecule has 3 heteroatoms. The third-order valence-electron chi connectivity index (χ3n) is 2.46. The van der Waals surface area contributed by atoms with Crippen molar-refractivity contribution in [3.8, 4) is 0 Å². The van der Waals surface area contributed by atoms with Crippen molar-refractivity contribution < 1.29 is 4.79 Å². The Labute approximate surface area is 71.2 Å². The molecule has 0 amide bonds. The van der Waals surface area contributed by atoms with Gasteiger partial charge in [-0.05, 0) is 12.8 Å². The monoisotopic (exact) mass is 164 g/mol. The van der Waals surface area contributed by atoms with E-state index in [-0.39, 0.29) is 0 Å². The minimum Gasteiger partial charge on any atom is -0.348 e. The maximum Gasteiger partial charge on any atom is 0.143 e. The molecule has 0 unspecified atom stereocenters. The molecule has 0 radical (unpaired) electrons. The molecule has 1 aliphatic carbocycles. The zero-order valence-corrected chi connectivity index (χ0v) is 6.92. The lowest BCUT2D eigenvalue weighted by atomic mass is 9.81. The van der Waals surface area contributed by atoms with Crippen LogP contribution in [0.5, 0.6) is 0 Å². The Hall–Kier alpha value is -1.12. The summed E-state index contributed by atoms with van der Waals surface area (Å²) < 4.78 is 0. The molecule has 1 aliphatic rings. The van der Waals surface area contributed by atoms with Crippen LogP contribution in [-0.4, -0.2) is 15.8 Å². The van der Waals surface area contributed by atoms with Crippen LogP contribution in [0.15, 0.2) is 12.4 Å². The number of carbonyl (C=O) groups is 1. The van der Waals surface area contributed by atoms with Crippen LogP contribution < -0.4 is 0 Å². The lowest BCUT2D eigenvalue weighted by Gasteiger charge is -2.23. The first-order chi connectivity index (χ1) is 5.86. The van der Waals surface area contributed by atoms with E-state index in [1.165, 1.54) is 6.42 Å². The number of ketones is 1.